The molecule has 0 aliphatic rings. The van der Waals surface area contributed by atoms with Gasteiger partial charge in [-0.3, -0.25) is 9.59 Å². The van der Waals surface area contributed by atoms with Gasteiger partial charge in [-0.1, -0.05) is 18.5 Å². The van der Waals surface area contributed by atoms with E-state index in [-0.39, 0.29) is 28.8 Å². The van der Waals surface area contributed by atoms with Gasteiger partial charge in [0.05, 0.1) is 32.8 Å². The summed E-state index contributed by atoms with van der Waals surface area (Å²) >= 11 is 6.62. The molecule has 1 amide bonds. The van der Waals surface area contributed by atoms with Crippen molar-refractivity contribution in [3.05, 3.63) is 68.5 Å². The van der Waals surface area contributed by atoms with Crippen LogP contribution in [-0.4, -0.2) is 31.2 Å². The number of amides is 1. The smallest absolute Gasteiger partial charge is 0.331 e. The Hall–Kier alpha value is -3.31. The fourth-order valence-electron chi connectivity index (χ4n) is 3.50. The number of rotatable bonds is 6. The van der Waals surface area contributed by atoms with Crippen molar-refractivity contribution in [2.75, 3.05) is 5.32 Å². The number of carbonyl (C=O) groups excluding carboxylic acids is 2. The molecule has 1 atom stereocenters. The van der Waals surface area contributed by atoms with E-state index >= 15 is 0 Å². The Balaban J connectivity index is 1.44. The van der Waals surface area contributed by atoms with E-state index in [0.29, 0.717) is 16.6 Å². The third kappa shape index (κ3) is 5.20. The summed E-state index contributed by atoms with van der Waals surface area (Å²) in [6.45, 7) is 3.70. The van der Waals surface area contributed by atoms with Gasteiger partial charge in [0.15, 0.2) is 5.78 Å². The first-order valence-electron chi connectivity index (χ1n) is 10.4. The predicted octanol–water partition coefficient (Wildman–Crippen LogP) is 6.03. The molecule has 0 aliphatic carbocycles. The molecule has 0 fully saturated rings. The first-order valence-corrected chi connectivity index (χ1v) is 11.6. The highest BCUT2D eigenvalue weighted by Crippen LogP contribution is 2.35. The maximum atomic E-state index is 13.0. The second-order valence-corrected chi connectivity index (χ2v) is 9.48. The second kappa shape index (κ2) is 9.38. The average molecular weight is 522 g/mol. The summed E-state index contributed by atoms with van der Waals surface area (Å²) in [6, 6.07) is 6.04. The number of Topliss-reactive ketones (excluding diaryl/α,β-unsaturated/α-hetero) is 1. The Morgan fingerprint density at radius 2 is 1.94 bits per heavy atom. The van der Waals surface area contributed by atoms with Crippen LogP contribution in [0.25, 0.3) is 11.0 Å². The first-order chi connectivity index (χ1) is 16.4. The molecular weight excluding hydrogens is 503 g/mol. The topological polar surface area (TPSA) is 89.8 Å². The Labute approximate surface area is 207 Å². The van der Waals surface area contributed by atoms with Crippen LogP contribution in [0.2, 0.25) is 5.02 Å². The van der Waals surface area contributed by atoms with Crippen molar-refractivity contribution in [3.8, 4) is 0 Å². The Morgan fingerprint density at radius 1 is 1.20 bits per heavy atom. The van der Waals surface area contributed by atoms with Gasteiger partial charge in [0.2, 0.25) is 0 Å². The van der Waals surface area contributed by atoms with Gasteiger partial charge >= 0.3 is 6.18 Å². The lowest BCUT2D eigenvalue weighted by Gasteiger charge is -2.10. The number of nitrogens with one attached hydrogen (secondary N) is 1. The number of aryl methyl sites for hydroxylation is 2. The highest BCUT2D eigenvalue weighted by Gasteiger charge is 2.34. The van der Waals surface area contributed by atoms with E-state index in [1.807, 2.05) is 31.5 Å². The van der Waals surface area contributed by atoms with Gasteiger partial charge in [0.25, 0.3) is 5.91 Å². The van der Waals surface area contributed by atoms with E-state index in [0.717, 1.165) is 34.4 Å². The zero-order chi connectivity index (χ0) is 25.5. The van der Waals surface area contributed by atoms with Crippen LogP contribution in [0.4, 0.5) is 19.0 Å². The summed E-state index contributed by atoms with van der Waals surface area (Å²) in [5.74, 6) is -0.471. The quantitative estimate of drug-likeness (QED) is 0.313. The van der Waals surface area contributed by atoms with E-state index < -0.39 is 22.7 Å². The van der Waals surface area contributed by atoms with Crippen LogP contribution in [0.5, 0.6) is 0 Å². The van der Waals surface area contributed by atoms with Crippen molar-refractivity contribution < 1.29 is 22.8 Å². The molecule has 4 rings (SSSR count). The highest BCUT2D eigenvalue weighted by molar-refractivity contribution is 7.13. The maximum absolute atomic E-state index is 13.0. The molecule has 4 aromatic rings. The number of anilines is 1. The number of carbonyl (C=O) groups is 2. The standard InChI is InChI=1S/C23H19ClF3N5O2S/c1-11(6-18(33)13-4-5-17-16(7-13)30-12(2)32(17)3)22-29-10-19(35-22)21(34)31-20-8-14(23(25,26)27)15(24)9-28-20/h4-5,7-11H,6H2,1-3H3,(H,28,31,34)/t11-/m0/s1. The molecule has 7 nitrogen and oxygen atoms in total. The van der Waals surface area contributed by atoms with Gasteiger partial charge in [-0.15, -0.1) is 11.3 Å². The molecule has 3 heterocycles. The van der Waals surface area contributed by atoms with Crippen molar-refractivity contribution in [2.45, 2.75) is 32.4 Å². The molecule has 35 heavy (non-hydrogen) atoms. The van der Waals surface area contributed by atoms with Crippen LogP contribution in [0.1, 0.15) is 55.7 Å². The summed E-state index contributed by atoms with van der Waals surface area (Å²) in [5.41, 5.74) is 1.10. The molecule has 0 saturated carbocycles. The van der Waals surface area contributed by atoms with Crippen molar-refractivity contribution >= 4 is 51.5 Å². The number of hydrogen-bond acceptors (Lipinski definition) is 6. The van der Waals surface area contributed by atoms with Crippen LogP contribution in [0.3, 0.4) is 0 Å². The number of aromatic nitrogens is 4. The number of hydrogen-bond donors (Lipinski definition) is 1. The van der Waals surface area contributed by atoms with E-state index in [4.69, 9.17) is 11.6 Å². The Bertz CT molecular complexity index is 1450. The molecule has 0 saturated heterocycles. The minimum Gasteiger partial charge on any atom is -0.331 e. The van der Waals surface area contributed by atoms with Gasteiger partial charge in [-0.25, -0.2) is 15.0 Å². The zero-order valence-electron chi connectivity index (χ0n) is 18.8. The predicted molar refractivity (Wildman–Crippen MR) is 127 cm³/mol. The largest absolute Gasteiger partial charge is 0.418 e. The fraction of sp³-hybridized carbons (Fsp3) is 0.261. The number of nitrogens with zero attached hydrogens (tertiary/aromatic N) is 4. The number of thiazole rings is 1. The number of fused-ring (bicyclic) bond motifs is 1. The minimum absolute atomic E-state index is 0.0889. The van der Waals surface area contributed by atoms with Crippen LogP contribution in [-0.2, 0) is 13.2 Å². The summed E-state index contributed by atoms with van der Waals surface area (Å²) in [4.78, 5) is 38.0. The molecular formula is C23H19ClF3N5O2S. The summed E-state index contributed by atoms with van der Waals surface area (Å²) in [6.07, 6.45) is -2.37. The third-order valence-electron chi connectivity index (χ3n) is 5.49. The summed E-state index contributed by atoms with van der Waals surface area (Å²) in [7, 11) is 1.91. The van der Waals surface area contributed by atoms with E-state index in [9.17, 15) is 22.8 Å². The molecule has 0 radical (unpaired) electrons. The third-order valence-corrected chi connectivity index (χ3v) is 7.02. The fourth-order valence-corrected chi connectivity index (χ4v) is 4.57. The van der Waals surface area contributed by atoms with Crippen molar-refractivity contribution in [1.29, 1.82) is 0 Å². The second-order valence-electron chi connectivity index (χ2n) is 8.01. The summed E-state index contributed by atoms with van der Waals surface area (Å²) < 4.78 is 41.1. The number of ketones is 1. The van der Waals surface area contributed by atoms with Gasteiger partial charge in [0, 0.05) is 31.1 Å². The van der Waals surface area contributed by atoms with Crippen LogP contribution >= 0.6 is 22.9 Å². The molecule has 1 aromatic carbocycles. The number of imidazole rings is 1. The maximum Gasteiger partial charge on any atom is 0.418 e. The highest BCUT2D eigenvalue weighted by atomic mass is 35.5. The van der Waals surface area contributed by atoms with Crippen molar-refractivity contribution in [2.24, 2.45) is 7.05 Å². The first kappa shape index (κ1) is 24.8. The lowest BCUT2D eigenvalue weighted by molar-refractivity contribution is -0.137. The minimum atomic E-state index is -4.68. The Kier molecular flexibility index (Phi) is 6.65. The number of halogens is 4. The SMILES string of the molecule is Cc1nc2cc(C(=O)C[C@H](C)c3ncc(C(=O)Nc4cc(C(F)(F)F)c(Cl)cn4)s3)ccc2n1C. The van der Waals surface area contributed by atoms with E-state index in [1.54, 1.807) is 12.1 Å². The molecule has 0 spiro atoms. The molecule has 3 aromatic heterocycles. The monoisotopic (exact) mass is 521 g/mol. The lowest BCUT2D eigenvalue weighted by atomic mass is 10.00. The van der Waals surface area contributed by atoms with Gasteiger partial charge in [-0.05, 0) is 31.2 Å². The zero-order valence-corrected chi connectivity index (χ0v) is 20.3. The molecule has 182 valence electrons. The number of benzene rings is 1. The van der Waals surface area contributed by atoms with E-state index in [2.05, 4.69) is 20.3 Å². The molecule has 1 N–H and O–H groups in total. The molecule has 0 bridgehead atoms. The summed E-state index contributed by atoms with van der Waals surface area (Å²) in [5, 5.41) is 2.32. The van der Waals surface area contributed by atoms with Gasteiger partial charge in [-0.2, -0.15) is 13.2 Å². The average Bonchev–Trinajstić information content (AvgIpc) is 3.39. The molecule has 0 aliphatic heterocycles. The van der Waals surface area contributed by atoms with Crippen LogP contribution in [0, 0.1) is 6.92 Å². The van der Waals surface area contributed by atoms with Gasteiger partial charge in [0.1, 0.15) is 16.5 Å². The van der Waals surface area contributed by atoms with Gasteiger partial charge < -0.3 is 9.88 Å². The van der Waals surface area contributed by atoms with E-state index in [1.165, 1.54) is 6.20 Å². The van der Waals surface area contributed by atoms with Crippen LogP contribution < -0.4 is 5.32 Å². The van der Waals surface area contributed by atoms with Crippen LogP contribution in [0.15, 0.2) is 36.7 Å². The Morgan fingerprint density at radius 3 is 2.66 bits per heavy atom. The van der Waals surface area contributed by atoms with Crippen molar-refractivity contribution in [1.82, 2.24) is 19.5 Å². The molecule has 0 unspecified atom stereocenters. The number of alkyl halides is 3. The van der Waals surface area contributed by atoms with Crippen molar-refractivity contribution in [3.63, 3.8) is 0 Å². The lowest BCUT2D eigenvalue weighted by Crippen LogP contribution is -2.13. The molecule has 12 heteroatoms. The normalized spacial score (nSPS) is 12.7. The number of pyridine rings is 1.